The molecule has 1 fully saturated rings. The summed E-state index contributed by atoms with van der Waals surface area (Å²) in [5.74, 6) is 1.75. The number of ether oxygens (including phenoxy) is 1. The fourth-order valence-corrected chi connectivity index (χ4v) is 3.11. The average molecular weight is 217 g/mol. The molecular weight excluding hydrogens is 198 g/mol. The Hall–Kier alpha value is -1.18. The molecule has 1 aromatic carbocycles. The first-order valence-electron chi connectivity index (χ1n) is 6.42. The van der Waals surface area contributed by atoms with E-state index in [0.717, 1.165) is 18.3 Å². The summed E-state index contributed by atoms with van der Waals surface area (Å²) < 4.78 is 5.58. The van der Waals surface area contributed by atoms with E-state index in [4.69, 9.17) is 4.74 Å². The monoisotopic (exact) mass is 217 g/mol. The second-order valence-electron chi connectivity index (χ2n) is 4.82. The summed E-state index contributed by atoms with van der Waals surface area (Å²) in [5, 5.41) is 3.65. The van der Waals surface area contributed by atoms with E-state index >= 15 is 0 Å². The maximum absolute atomic E-state index is 5.58. The molecule has 0 radical (unpaired) electrons. The van der Waals surface area contributed by atoms with E-state index in [0.29, 0.717) is 6.04 Å². The van der Waals surface area contributed by atoms with Crippen LogP contribution in [-0.2, 0) is 0 Å². The molecule has 1 aliphatic heterocycles. The molecule has 0 aromatic heterocycles. The average Bonchev–Trinajstić information content (AvgIpc) is 2.68. The normalized spacial score (nSPS) is 26.8. The van der Waals surface area contributed by atoms with Crippen LogP contribution in [0.15, 0.2) is 18.2 Å². The van der Waals surface area contributed by atoms with Crippen LogP contribution in [0.5, 0.6) is 5.75 Å². The summed E-state index contributed by atoms with van der Waals surface area (Å²) in [6, 6.07) is 7.17. The lowest BCUT2D eigenvalue weighted by Crippen LogP contribution is -2.23. The van der Waals surface area contributed by atoms with Crippen LogP contribution in [0, 0.1) is 0 Å². The van der Waals surface area contributed by atoms with Gasteiger partial charge in [-0.2, -0.15) is 0 Å². The molecule has 0 saturated heterocycles. The first kappa shape index (κ1) is 10.0. The van der Waals surface area contributed by atoms with Crippen LogP contribution in [0.3, 0.4) is 0 Å². The van der Waals surface area contributed by atoms with Gasteiger partial charge in [0.1, 0.15) is 5.75 Å². The Morgan fingerprint density at radius 1 is 1.31 bits per heavy atom. The van der Waals surface area contributed by atoms with Gasteiger partial charge in [0.05, 0.1) is 6.61 Å². The number of hydrogen-bond donors (Lipinski definition) is 1. The Balaban J connectivity index is 1.91. The molecule has 3 rings (SSSR count). The highest BCUT2D eigenvalue weighted by Crippen LogP contribution is 2.44. The van der Waals surface area contributed by atoms with Gasteiger partial charge in [0, 0.05) is 17.6 Å². The molecular formula is C14H19NO. The Labute approximate surface area is 97.0 Å². The van der Waals surface area contributed by atoms with Gasteiger partial charge < -0.3 is 10.1 Å². The van der Waals surface area contributed by atoms with E-state index in [-0.39, 0.29) is 0 Å². The molecule has 2 aliphatic rings. The van der Waals surface area contributed by atoms with Gasteiger partial charge in [-0.3, -0.25) is 0 Å². The second-order valence-corrected chi connectivity index (χ2v) is 4.82. The Morgan fingerprint density at radius 2 is 2.19 bits per heavy atom. The third kappa shape index (κ3) is 1.57. The number of hydrogen-bond acceptors (Lipinski definition) is 2. The van der Waals surface area contributed by atoms with Gasteiger partial charge in [-0.25, -0.2) is 0 Å². The smallest absolute Gasteiger partial charge is 0.119 e. The van der Waals surface area contributed by atoms with Gasteiger partial charge in [-0.05, 0) is 43.5 Å². The topological polar surface area (TPSA) is 21.3 Å². The molecule has 86 valence electrons. The maximum atomic E-state index is 5.58. The van der Waals surface area contributed by atoms with Crippen molar-refractivity contribution in [3.63, 3.8) is 0 Å². The van der Waals surface area contributed by atoms with Crippen molar-refractivity contribution < 1.29 is 4.74 Å². The summed E-state index contributed by atoms with van der Waals surface area (Å²) in [6.07, 6.45) is 5.41. The van der Waals surface area contributed by atoms with E-state index < -0.39 is 0 Å². The molecule has 0 spiro atoms. The minimum atomic E-state index is 0.681. The lowest BCUT2D eigenvalue weighted by molar-refractivity contribution is 0.339. The molecule has 2 heteroatoms. The van der Waals surface area contributed by atoms with Crippen LogP contribution in [0.4, 0.5) is 5.69 Å². The van der Waals surface area contributed by atoms with Crippen LogP contribution >= 0.6 is 0 Å². The van der Waals surface area contributed by atoms with Gasteiger partial charge in [-0.1, -0.05) is 12.8 Å². The standard InChI is InChI=1S/C14H19NO/c1-2-16-10-7-8-14-12(9-10)11-5-3-4-6-13(11)15-14/h7-9,11,13,15H,2-6H2,1H3. The fraction of sp³-hybridized carbons (Fsp3) is 0.571. The lowest BCUT2D eigenvalue weighted by Gasteiger charge is -2.25. The Kier molecular flexibility index (Phi) is 2.50. The number of anilines is 1. The van der Waals surface area contributed by atoms with Crippen LogP contribution in [0.25, 0.3) is 0 Å². The van der Waals surface area contributed by atoms with Gasteiger partial charge in [0.15, 0.2) is 0 Å². The fourth-order valence-electron chi connectivity index (χ4n) is 3.11. The maximum Gasteiger partial charge on any atom is 0.119 e. The highest BCUT2D eigenvalue weighted by atomic mass is 16.5. The van der Waals surface area contributed by atoms with Crippen LogP contribution in [0.1, 0.15) is 44.1 Å². The van der Waals surface area contributed by atoms with Crippen LogP contribution in [-0.4, -0.2) is 12.6 Å². The molecule has 2 unspecified atom stereocenters. The van der Waals surface area contributed by atoms with Gasteiger partial charge in [-0.15, -0.1) is 0 Å². The van der Waals surface area contributed by atoms with Gasteiger partial charge in [0.25, 0.3) is 0 Å². The molecule has 1 saturated carbocycles. The van der Waals surface area contributed by atoms with Gasteiger partial charge >= 0.3 is 0 Å². The number of benzene rings is 1. The zero-order chi connectivity index (χ0) is 11.0. The largest absolute Gasteiger partial charge is 0.494 e. The number of rotatable bonds is 2. The summed E-state index contributed by atoms with van der Waals surface area (Å²) in [7, 11) is 0. The van der Waals surface area contributed by atoms with Crippen molar-refractivity contribution in [1.29, 1.82) is 0 Å². The Bertz CT molecular complexity index is 388. The van der Waals surface area contributed by atoms with Crippen molar-refractivity contribution in [2.75, 3.05) is 11.9 Å². The van der Waals surface area contributed by atoms with Crippen molar-refractivity contribution in [2.24, 2.45) is 0 Å². The predicted octanol–water partition coefficient (Wildman–Crippen LogP) is 3.54. The predicted molar refractivity (Wildman–Crippen MR) is 66.2 cm³/mol. The third-order valence-corrected chi connectivity index (χ3v) is 3.84. The molecule has 1 N–H and O–H groups in total. The molecule has 2 atom stereocenters. The lowest BCUT2D eigenvalue weighted by atomic mass is 9.83. The highest BCUT2D eigenvalue weighted by molar-refractivity contribution is 5.61. The minimum Gasteiger partial charge on any atom is -0.494 e. The molecule has 1 heterocycles. The van der Waals surface area contributed by atoms with E-state index in [1.165, 1.54) is 36.9 Å². The minimum absolute atomic E-state index is 0.681. The zero-order valence-corrected chi connectivity index (χ0v) is 9.83. The van der Waals surface area contributed by atoms with Crippen molar-refractivity contribution in [2.45, 2.75) is 44.6 Å². The van der Waals surface area contributed by atoms with E-state index in [9.17, 15) is 0 Å². The molecule has 0 bridgehead atoms. The Morgan fingerprint density at radius 3 is 3.06 bits per heavy atom. The van der Waals surface area contributed by atoms with Crippen molar-refractivity contribution in [1.82, 2.24) is 0 Å². The van der Waals surface area contributed by atoms with Gasteiger partial charge in [0.2, 0.25) is 0 Å². The van der Waals surface area contributed by atoms with Crippen molar-refractivity contribution >= 4 is 5.69 Å². The van der Waals surface area contributed by atoms with Crippen molar-refractivity contribution in [3.8, 4) is 5.75 Å². The first-order valence-corrected chi connectivity index (χ1v) is 6.42. The van der Waals surface area contributed by atoms with E-state index in [1.54, 1.807) is 0 Å². The van der Waals surface area contributed by atoms with Crippen LogP contribution < -0.4 is 10.1 Å². The summed E-state index contributed by atoms with van der Waals surface area (Å²) >= 11 is 0. The molecule has 2 nitrogen and oxygen atoms in total. The third-order valence-electron chi connectivity index (χ3n) is 3.84. The van der Waals surface area contributed by atoms with E-state index in [1.807, 2.05) is 6.92 Å². The van der Waals surface area contributed by atoms with Crippen LogP contribution in [0.2, 0.25) is 0 Å². The molecule has 1 aliphatic carbocycles. The SMILES string of the molecule is CCOc1ccc2c(c1)C1CCCCC1N2. The summed E-state index contributed by atoms with van der Waals surface area (Å²) in [5.41, 5.74) is 2.82. The summed E-state index contributed by atoms with van der Waals surface area (Å²) in [6.45, 7) is 2.79. The number of fused-ring (bicyclic) bond motifs is 3. The quantitative estimate of drug-likeness (QED) is 0.818. The van der Waals surface area contributed by atoms with Crippen molar-refractivity contribution in [3.05, 3.63) is 23.8 Å². The second kappa shape index (κ2) is 4.00. The van der Waals surface area contributed by atoms with E-state index in [2.05, 4.69) is 23.5 Å². The summed E-state index contributed by atoms with van der Waals surface area (Å²) in [4.78, 5) is 0. The zero-order valence-electron chi connectivity index (χ0n) is 9.83. The highest BCUT2D eigenvalue weighted by Gasteiger charge is 2.33. The molecule has 0 amide bonds. The number of nitrogens with one attached hydrogen (secondary N) is 1. The first-order chi connectivity index (χ1) is 7.88. The molecule has 16 heavy (non-hydrogen) atoms. The molecule has 1 aromatic rings.